The largest absolute Gasteiger partial charge is 0.363 e. The predicted molar refractivity (Wildman–Crippen MR) is 117 cm³/mol. The molecule has 1 aliphatic heterocycles. The van der Waals surface area contributed by atoms with E-state index in [9.17, 15) is 19.2 Å². The number of rotatable bonds is 12. The maximum absolute atomic E-state index is 13.2. The second-order valence-corrected chi connectivity index (χ2v) is 7.79. The minimum Gasteiger partial charge on any atom is -0.363 e. The highest BCUT2D eigenvalue weighted by molar-refractivity contribution is 6.37. The number of carbonyl (C=O) groups is 4. The van der Waals surface area contributed by atoms with Gasteiger partial charge in [0.25, 0.3) is 5.91 Å². The molecule has 0 unspecified atom stereocenters. The molecule has 31 heavy (non-hydrogen) atoms. The van der Waals surface area contributed by atoms with Gasteiger partial charge in [-0.25, -0.2) is 0 Å². The van der Waals surface area contributed by atoms with E-state index in [1.165, 1.54) is 0 Å². The minimum atomic E-state index is -1.09. The van der Waals surface area contributed by atoms with Crippen molar-refractivity contribution in [1.29, 1.82) is 0 Å². The highest BCUT2D eigenvalue weighted by Crippen LogP contribution is 2.20. The van der Waals surface area contributed by atoms with Gasteiger partial charge in [-0.15, -0.1) is 0 Å². The zero-order chi connectivity index (χ0) is 22.8. The van der Waals surface area contributed by atoms with Gasteiger partial charge in [-0.1, -0.05) is 30.3 Å². The average molecular weight is 432 g/mol. The molecule has 9 nitrogen and oxygen atoms in total. The van der Waals surface area contributed by atoms with Crippen LogP contribution in [0, 0.1) is 0 Å². The number of nitrogens with one attached hydrogen (secondary N) is 2. The zero-order valence-electron chi connectivity index (χ0n) is 18.0. The van der Waals surface area contributed by atoms with E-state index >= 15 is 0 Å². The standard InChI is InChI=1S/C22H33N5O4/c1-25-17(14-15-8-3-2-4-9-15)22(31)27-13-7-11-18(27)21(30)26-16(10-5-6-12-23)19(28)20(24)29/h2-4,8-9,16-18,25H,5-7,10-14,23H2,1H3,(H2,24,29)(H,26,30)/t16-,17-,18-/m0/s1. The van der Waals surface area contributed by atoms with Gasteiger partial charge in [-0.05, 0) is 57.7 Å². The third-order valence-corrected chi connectivity index (χ3v) is 5.59. The van der Waals surface area contributed by atoms with E-state index in [1.807, 2.05) is 30.3 Å². The number of nitrogens with zero attached hydrogens (tertiary/aromatic N) is 1. The van der Waals surface area contributed by atoms with Crippen LogP contribution in [0.3, 0.4) is 0 Å². The molecule has 2 rings (SSSR count). The number of amides is 3. The van der Waals surface area contributed by atoms with Gasteiger partial charge in [0, 0.05) is 6.54 Å². The van der Waals surface area contributed by atoms with Crippen molar-refractivity contribution >= 4 is 23.5 Å². The van der Waals surface area contributed by atoms with Crippen molar-refractivity contribution in [3.05, 3.63) is 35.9 Å². The lowest BCUT2D eigenvalue weighted by Gasteiger charge is -2.29. The van der Waals surface area contributed by atoms with E-state index in [1.54, 1.807) is 11.9 Å². The van der Waals surface area contributed by atoms with E-state index < -0.39 is 35.7 Å². The lowest BCUT2D eigenvalue weighted by atomic mass is 10.0. The molecule has 1 aromatic carbocycles. The van der Waals surface area contributed by atoms with Crippen LogP contribution in [-0.2, 0) is 25.6 Å². The van der Waals surface area contributed by atoms with Crippen molar-refractivity contribution in [3.63, 3.8) is 0 Å². The molecule has 0 bridgehead atoms. The smallest absolute Gasteiger partial charge is 0.287 e. The van der Waals surface area contributed by atoms with Gasteiger partial charge in [-0.2, -0.15) is 0 Å². The Labute approximate surface area is 182 Å². The van der Waals surface area contributed by atoms with Crippen molar-refractivity contribution in [3.8, 4) is 0 Å². The second kappa shape index (κ2) is 12.2. The fourth-order valence-electron chi connectivity index (χ4n) is 3.87. The molecule has 3 amide bonds. The van der Waals surface area contributed by atoms with Crippen molar-refractivity contribution in [2.24, 2.45) is 11.5 Å². The normalized spacial score (nSPS) is 17.7. The second-order valence-electron chi connectivity index (χ2n) is 7.79. The Kier molecular flexibility index (Phi) is 9.61. The molecule has 0 saturated carbocycles. The number of benzene rings is 1. The molecule has 0 aliphatic carbocycles. The predicted octanol–water partition coefficient (Wildman–Crippen LogP) is -0.524. The van der Waals surface area contributed by atoms with E-state index in [2.05, 4.69) is 10.6 Å². The first kappa shape index (κ1) is 24.5. The number of carbonyl (C=O) groups excluding carboxylic acids is 4. The first-order valence-corrected chi connectivity index (χ1v) is 10.7. The molecule has 6 N–H and O–H groups in total. The Balaban J connectivity index is 2.07. The van der Waals surface area contributed by atoms with Crippen LogP contribution >= 0.6 is 0 Å². The maximum atomic E-state index is 13.2. The number of unbranched alkanes of at least 4 members (excludes halogenated alkanes) is 1. The van der Waals surface area contributed by atoms with E-state index in [4.69, 9.17) is 11.5 Å². The monoisotopic (exact) mass is 431 g/mol. The summed E-state index contributed by atoms with van der Waals surface area (Å²) in [6, 6.07) is 7.50. The molecule has 0 spiro atoms. The summed E-state index contributed by atoms with van der Waals surface area (Å²) in [4.78, 5) is 51.2. The van der Waals surface area contributed by atoms with Crippen LogP contribution in [0.4, 0.5) is 0 Å². The summed E-state index contributed by atoms with van der Waals surface area (Å²) >= 11 is 0. The summed E-state index contributed by atoms with van der Waals surface area (Å²) in [6.07, 6.45) is 3.21. The molecule has 1 aromatic rings. The molecular formula is C22H33N5O4. The summed E-state index contributed by atoms with van der Waals surface area (Å²) in [6.45, 7) is 0.911. The zero-order valence-corrected chi connectivity index (χ0v) is 18.0. The van der Waals surface area contributed by atoms with Crippen LogP contribution in [-0.4, -0.2) is 66.7 Å². The lowest BCUT2D eigenvalue weighted by Crippen LogP contribution is -2.55. The molecule has 170 valence electrons. The number of nitrogens with two attached hydrogens (primary N) is 2. The number of ketones is 1. The van der Waals surface area contributed by atoms with Crippen LogP contribution in [0.2, 0.25) is 0 Å². The molecule has 9 heteroatoms. The van der Waals surface area contributed by atoms with Crippen molar-refractivity contribution in [2.75, 3.05) is 20.1 Å². The lowest BCUT2D eigenvalue weighted by molar-refractivity contribution is -0.142. The summed E-state index contributed by atoms with van der Waals surface area (Å²) in [5.74, 6) is -2.52. The Bertz CT molecular complexity index is 770. The van der Waals surface area contributed by atoms with Crippen LogP contribution in [0.15, 0.2) is 30.3 Å². The molecule has 3 atom stereocenters. The van der Waals surface area contributed by atoms with Gasteiger partial charge in [0.1, 0.15) is 6.04 Å². The van der Waals surface area contributed by atoms with Crippen molar-refractivity contribution < 1.29 is 19.2 Å². The Morgan fingerprint density at radius 1 is 1.13 bits per heavy atom. The summed E-state index contributed by atoms with van der Waals surface area (Å²) in [5.41, 5.74) is 11.6. The van der Waals surface area contributed by atoms with E-state index in [0.29, 0.717) is 45.2 Å². The number of Topliss-reactive ketones (excluding diaryl/α,β-unsaturated/α-hetero) is 1. The van der Waals surface area contributed by atoms with E-state index in [-0.39, 0.29) is 12.3 Å². The van der Waals surface area contributed by atoms with E-state index in [0.717, 1.165) is 5.56 Å². The summed E-state index contributed by atoms with van der Waals surface area (Å²) in [5, 5.41) is 5.69. The molecule has 1 saturated heterocycles. The third-order valence-electron chi connectivity index (χ3n) is 5.59. The number of primary amides is 1. The molecule has 1 fully saturated rings. The number of hydrogen-bond acceptors (Lipinski definition) is 6. The Hall–Kier alpha value is -2.78. The first-order valence-electron chi connectivity index (χ1n) is 10.7. The molecule has 0 aromatic heterocycles. The van der Waals surface area contributed by atoms with Crippen molar-refractivity contribution in [2.45, 2.75) is 56.7 Å². The minimum absolute atomic E-state index is 0.162. The molecule has 1 heterocycles. The van der Waals surface area contributed by atoms with Gasteiger partial charge >= 0.3 is 0 Å². The van der Waals surface area contributed by atoms with Gasteiger partial charge in [0.2, 0.25) is 17.6 Å². The van der Waals surface area contributed by atoms with Crippen molar-refractivity contribution in [1.82, 2.24) is 15.5 Å². The topological polar surface area (TPSA) is 148 Å². The molecule has 0 radical (unpaired) electrons. The first-order chi connectivity index (χ1) is 14.9. The molecular weight excluding hydrogens is 398 g/mol. The van der Waals surface area contributed by atoms with Gasteiger partial charge in [-0.3, -0.25) is 19.2 Å². The van der Waals surface area contributed by atoms with Crippen LogP contribution < -0.4 is 22.1 Å². The molecule has 1 aliphatic rings. The van der Waals surface area contributed by atoms with Crippen LogP contribution in [0.1, 0.15) is 37.7 Å². The van der Waals surface area contributed by atoms with Crippen LogP contribution in [0.25, 0.3) is 0 Å². The number of likely N-dealkylation sites (tertiary alicyclic amines) is 1. The van der Waals surface area contributed by atoms with Gasteiger partial charge < -0.3 is 27.0 Å². The number of likely N-dealkylation sites (N-methyl/N-ethyl adjacent to an activating group) is 1. The third kappa shape index (κ3) is 6.86. The highest BCUT2D eigenvalue weighted by atomic mass is 16.2. The SMILES string of the molecule is CN[C@@H](Cc1ccccc1)C(=O)N1CCC[C@H]1C(=O)N[C@@H](CCCCN)C(=O)C(N)=O. The Morgan fingerprint density at radius 2 is 1.84 bits per heavy atom. The highest BCUT2D eigenvalue weighted by Gasteiger charge is 2.38. The van der Waals surface area contributed by atoms with Gasteiger partial charge in [0.05, 0.1) is 12.1 Å². The average Bonchev–Trinajstić information content (AvgIpc) is 3.26. The van der Waals surface area contributed by atoms with Gasteiger partial charge in [0.15, 0.2) is 0 Å². The number of hydrogen-bond donors (Lipinski definition) is 4. The fourth-order valence-corrected chi connectivity index (χ4v) is 3.87. The summed E-state index contributed by atoms with van der Waals surface area (Å²) in [7, 11) is 1.72. The van der Waals surface area contributed by atoms with Crippen LogP contribution in [0.5, 0.6) is 0 Å². The fraction of sp³-hybridized carbons (Fsp3) is 0.545. The summed E-state index contributed by atoms with van der Waals surface area (Å²) < 4.78 is 0. The maximum Gasteiger partial charge on any atom is 0.287 e. The quantitative estimate of drug-likeness (QED) is 0.258. The Morgan fingerprint density at radius 3 is 2.45 bits per heavy atom.